The molecule has 0 unspecified atom stereocenters. The summed E-state index contributed by atoms with van der Waals surface area (Å²) in [6.07, 6.45) is 0. The predicted molar refractivity (Wildman–Crippen MR) is 70.4 cm³/mol. The molecule has 0 atom stereocenters. The normalized spacial score (nSPS) is 9.53. The van der Waals surface area contributed by atoms with Crippen molar-refractivity contribution in [1.82, 2.24) is 5.32 Å². The molecule has 86 valence electrons. The molecule has 1 aromatic carbocycles. The fourth-order valence-corrected chi connectivity index (χ4v) is 1.73. The van der Waals surface area contributed by atoms with Crippen LogP contribution >= 0.6 is 39.9 Å². The molecular weight excluding hydrogens is 301 g/mol. The second-order valence-electron chi connectivity index (χ2n) is 2.78. The van der Waals surface area contributed by atoms with Crippen molar-refractivity contribution < 1.29 is 4.74 Å². The maximum absolute atomic E-state index is 5.97. The van der Waals surface area contributed by atoms with E-state index in [4.69, 9.17) is 16.3 Å². The Bertz CT molecular complexity index is 297. The summed E-state index contributed by atoms with van der Waals surface area (Å²) in [6.45, 7) is 4.49. The first kappa shape index (κ1) is 15.0. The highest BCUT2D eigenvalue weighted by Gasteiger charge is 2.00. The molecule has 0 heterocycles. The maximum Gasteiger partial charge on any atom is 0.138 e. The molecule has 0 saturated heterocycles. The molecule has 0 saturated carbocycles. The van der Waals surface area contributed by atoms with Crippen LogP contribution in [0.1, 0.15) is 6.92 Å². The highest BCUT2D eigenvalue weighted by Crippen LogP contribution is 2.27. The lowest BCUT2D eigenvalue weighted by molar-refractivity contribution is 0.315. The zero-order valence-corrected chi connectivity index (χ0v) is 11.6. The van der Waals surface area contributed by atoms with Gasteiger partial charge in [-0.05, 0) is 24.7 Å². The highest BCUT2D eigenvalue weighted by molar-refractivity contribution is 9.10. The topological polar surface area (TPSA) is 21.3 Å². The molecular formula is C10H14BrCl2NO. The molecule has 0 aliphatic heterocycles. The molecule has 5 heteroatoms. The summed E-state index contributed by atoms with van der Waals surface area (Å²) in [5, 5.41) is 3.81. The Hall–Kier alpha value is 0.0400. The Morgan fingerprint density at radius 2 is 2.20 bits per heavy atom. The minimum Gasteiger partial charge on any atom is -0.491 e. The number of benzene rings is 1. The summed E-state index contributed by atoms with van der Waals surface area (Å²) in [5.41, 5.74) is 0. The molecule has 0 spiro atoms. The smallest absolute Gasteiger partial charge is 0.138 e. The van der Waals surface area contributed by atoms with Gasteiger partial charge in [-0.15, -0.1) is 12.4 Å². The molecule has 0 aliphatic rings. The SMILES string of the molecule is CCNCCOc1ccc(Br)cc1Cl.Cl. The van der Waals surface area contributed by atoms with Gasteiger partial charge in [-0.2, -0.15) is 0 Å². The van der Waals surface area contributed by atoms with Crippen molar-refractivity contribution in [3.63, 3.8) is 0 Å². The van der Waals surface area contributed by atoms with E-state index in [1.165, 1.54) is 0 Å². The van der Waals surface area contributed by atoms with Gasteiger partial charge in [0.05, 0.1) is 5.02 Å². The average molecular weight is 315 g/mol. The minimum atomic E-state index is 0. The molecule has 0 bridgehead atoms. The maximum atomic E-state index is 5.97. The van der Waals surface area contributed by atoms with Crippen LogP contribution in [0.5, 0.6) is 5.75 Å². The van der Waals surface area contributed by atoms with Crippen molar-refractivity contribution in [2.45, 2.75) is 6.92 Å². The molecule has 0 amide bonds. The number of halogens is 3. The summed E-state index contributed by atoms with van der Waals surface area (Å²) in [6, 6.07) is 5.59. The second-order valence-corrected chi connectivity index (χ2v) is 4.10. The Balaban J connectivity index is 0.00000196. The van der Waals surface area contributed by atoms with E-state index in [0.717, 1.165) is 23.3 Å². The highest BCUT2D eigenvalue weighted by atomic mass is 79.9. The van der Waals surface area contributed by atoms with Crippen LogP contribution in [0.3, 0.4) is 0 Å². The molecule has 1 N–H and O–H groups in total. The molecule has 0 aliphatic carbocycles. The van der Waals surface area contributed by atoms with E-state index in [0.29, 0.717) is 11.6 Å². The van der Waals surface area contributed by atoms with Gasteiger partial charge in [0.2, 0.25) is 0 Å². The van der Waals surface area contributed by atoms with Gasteiger partial charge in [-0.25, -0.2) is 0 Å². The fourth-order valence-electron chi connectivity index (χ4n) is 1.00. The van der Waals surface area contributed by atoms with Crippen molar-refractivity contribution in [3.8, 4) is 5.75 Å². The van der Waals surface area contributed by atoms with Crippen LogP contribution in [-0.2, 0) is 0 Å². The van der Waals surface area contributed by atoms with Gasteiger partial charge in [-0.3, -0.25) is 0 Å². The van der Waals surface area contributed by atoms with Crippen LogP contribution in [0.4, 0.5) is 0 Å². The van der Waals surface area contributed by atoms with Crippen molar-refractivity contribution in [1.29, 1.82) is 0 Å². The van der Waals surface area contributed by atoms with Gasteiger partial charge in [0.1, 0.15) is 12.4 Å². The Morgan fingerprint density at radius 3 is 2.80 bits per heavy atom. The lowest BCUT2D eigenvalue weighted by atomic mass is 10.3. The molecule has 0 aromatic heterocycles. The van der Waals surface area contributed by atoms with Crippen LogP contribution < -0.4 is 10.1 Å². The molecule has 1 aromatic rings. The number of nitrogens with one attached hydrogen (secondary N) is 1. The summed E-state index contributed by atoms with van der Waals surface area (Å²) >= 11 is 9.30. The van der Waals surface area contributed by atoms with Gasteiger partial charge in [0.15, 0.2) is 0 Å². The Labute approximate surface area is 110 Å². The zero-order valence-electron chi connectivity index (χ0n) is 8.43. The molecule has 0 fully saturated rings. The molecule has 1 rings (SSSR count). The summed E-state index contributed by atoms with van der Waals surface area (Å²) < 4.78 is 6.44. The van der Waals surface area contributed by atoms with E-state index in [9.17, 15) is 0 Å². The van der Waals surface area contributed by atoms with Crippen molar-refractivity contribution in [2.24, 2.45) is 0 Å². The van der Waals surface area contributed by atoms with Crippen LogP contribution in [0.2, 0.25) is 5.02 Å². The standard InChI is InChI=1S/C10H13BrClNO.ClH/c1-2-13-5-6-14-10-4-3-8(11)7-9(10)12;/h3-4,7,13H,2,5-6H2,1H3;1H. The van der Waals surface area contributed by atoms with E-state index >= 15 is 0 Å². The van der Waals surface area contributed by atoms with Crippen LogP contribution in [0, 0.1) is 0 Å². The number of likely N-dealkylation sites (N-methyl/N-ethyl adjacent to an activating group) is 1. The van der Waals surface area contributed by atoms with E-state index in [-0.39, 0.29) is 12.4 Å². The van der Waals surface area contributed by atoms with Crippen LogP contribution in [-0.4, -0.2) is 19.7 Å². The largest absolute Gasteiger partial charge is 0.491 e. The van der Waals surface area contributed by atoms with E-state index in [1.54, 1.807) is 0 Å². The van der Waals surface area contributed by atoms with Gasteiger partial charge in [0, 0.05) is 11.0 Å². The quantitative estimate of drug-likeness (QED) is 0.840. The van der Waals surface area contributed by atoms with Crippen molar-refractivity contribution in [2.75, 3.05) is 19.7 Å². The molecule has 15 heavy (non-hydrogen) atoms. The third-order valence-corrected chi connectivity index (χ3v) is 2.47. The Morgan fingerprint density at radius 1 is 1.47 bits per heavy atom. The summed E-state index contributed by atoms with van der Waals surface area (Å²) in [7, 11) is 0. The lowest BCUT2D eigenvalue weighted by Crippen LogP contribution is -2.20. The van der Waals surface area contributed by atoms with Crippen molar-refractivity contribution in [3.05, 3.63) is 27.7 Å². The van der Waals surface area contributed by atoms with Crippen LogP contribution in [0.15, 0.2) is 22.7 Å². The first-order valence-electron chi connectivity index (χ1n) is 4.52. The number of hydrogen-bond donors (Lipinski definition) is 1. The van der Waals surface area contributed by atoms with Crippen molar-refractivity contribution >= 4 is 39.9 Å². The third-order valence-electron chi connectivity index (χ3n) is 1.68. The van der Waals surface area contributed by atoms with Gasteiger partial charge >= 0.3 is 0 Å². The van der Waals surface area contributed by atoms with Gasteiger partial charge < -0.3 is 10.1 Å². The van der Waals surface area contributed by atoms with E-state index in [2.05, 4.69) is 28.2 Å². The lowest BCUT2D eigenvalue weighted by Gasteiger charge is -2.08. The number of ether oxygens (including phenoxy) is 1. The van der Waals surface area contributed by atoms with E-state index < -0.39 is 0 Å². The van der Waals surface area contributed by atoms with E-state index in [1.807, 2.05) is 18.2 Å². The zero-order chi connectivity index (χ0) is 10.4. The molecule has 0 radical (unpaired) electrons. The van der Waals surface area contributed by atoms with Gasteiger partial charge in [0.25, 0.3) is 0 Å². The van der Waals surface area contributed by atoms with Gasteiger partial charge in [-0.1, -0.05) is 34.5 Å². The first-order chi connectivity index (χ1) is 6.74. The second kappa shape index (κ2) is 8.22. The summed E-state index contributed by atoms with van der Waals surface area (Å²) in [4.78, 5) is 0. The monoisotopic (exact) mass is 313 g/mol. The first-order valence-corrected chi connectivity index (χ1v) is 5.69. The third kappa shape index (κ3) is 5.61. The summed E-state index contributed by atoms with van der Waals surface area (Å²) in [5.74, 6) is 0.729. The Kier molecular flexibility index (Phi) is 8.24. The number of hydrogen-bond acceptors (Lipinski definition) is 2. The predicted octanol–water partition coefficient (Wildman–Crippen LogP) is 3.51. The molecule has 2 nitrogen and oxygen atoms in total. The fraction of sp³-hybridized carbons (Fsp3) is 0.400. The number of rotatable bonds is 5. The minimum absolute atomic E-state index is 0. The van der Waals surface area contributed by atoms with Crippen LogP contribution in [0.25, 0.3) is 0 Å². The average Bonchev–Trinajstić information content (AvgIpc) is 2.15.